The summed E-state index contributed by atoms with van der Waals surface area (Å²) >= 11 is 0. The number of carbonyl (C=O) groups is 3. The number of anilines is 2. The Morgan fingerprint density at radius 2 is 1.85 bits per heavy atom. The van der Waals surface area contributed by atoms with Crippen molar-refractivity contribution in [1.82, 2.24) is 20.9 Å². The van der Waals surface area contributed by atoms with Crippen LogP contribution in [0.4, 0.5) is 16.2 Å². The molecule has 0 fully saturated rings. The van der Waals surface area contributed by atoms with Gasteiger partial charge >= 0.3 is 6.03 Å². The van der Waals surface area contributed by atoms with Gasteiger partial charge in [0.25, 0.3) is 0 Å². The van der Waals surface area contributed by atoms with E-state index in [1.165, 1.54) is 0 Å². The van der Waals surface area contributed by atoms with E-state index in [0.29, 0.717) is 31.6 Å². The number of rotatable bonds is 10. The average molecular weight is 561 g/mol. The molecule has 41 heavy (non-hydrogen) atoms. The van der Waals surface area contributed by atoms with Crippen molar-refractivity contribution < 1.29 is 19.5 Å². The Balaban J connectivity index is 1.49. The first kappa shape index (κ1) is 29.8. The molecule has 0 radical (unpaired) electrons. The van der Waals surface area contributed by atoms with Crippen molar-refractivity contribution in [1.29, 1.82) is 0 Å². The summed E-state index contributed by atoms with van der Waals surface area (Å²) in [5.74, 6) is -0.374. The van der Waals surface area contributed by atoms with Gasteiger partial charge in [-0.1, -0.05) is 42.5 Å². The SMILES string of the molecule is CNC(=O)Nc1ccccc1-c1ccc(CN2C(=O)[C@H](NC(=O)CC(C)(C)NC[C@@H](C)O)CCc3[nH]ccc32)cc1. The van der Waals surface area contributed by atoms with Gasteiger partial charge in [-0.15, -0.1) is 0 Å². The van der Waals surface area contributed by atoms with Gasteiger partial charge in [0.15, 0.2) is 0 Å². The Bertz CT molecular complexity index is 1360. The molecule has 1 aliphatic rings. The highest BCUT2D eigenvalue weighted by molar-refractivity contribution is 6.00. The molecule has 3 aromatic rings. The molecule has 0 unspecified atom stereocenters. The molecule has 0 saturated carbocycles. The third kappa shape index (κ3) is 7.74. The van der Waals surface area contributed by atoms with E-state index in [1.807, 2.05) is 74.6 Å². The summed E-state index contributed by atoms with van der Waals surface area (Å²) in [5.41, 5.74) is 4.69. The van der Waals surface area contributed by atoms with E-state index in [2.05, 4.69) is 26.3 Å². The number of aliphatic hydroxyl groups is 1. The molecule has 10 heteroatoms. The third-order valence-electron chi connectivity index (χ3n) is 7.17. The number of carbonyl (C=O) groups excluding carboxylic acids is 3. The van der Waals surface area contributed by atoms with Gasteiger partial charge in [-0.05, 0) is 56.9 Å². The monoisotopic (exact) mass is 560 g/mol. The first-order chi connectivity index (χ1) is 19.6. The normalized spacial score (nSPS) is 16.0. The molecular weight excluding hydrogens is 520 g/mol. The number of aromatic nitrogens is 1. The quantitative estimate of drug-likeness (QED) is 0.225. The number of nitrogens with zero attached hydrogens (tertiary/aromatic N) is 1. The van der Waals surface area contributed by atoms with E-state index in [-0.39, 0.29) is 24.3 Å². The third-order valence-corrected chi connectivity index (χ3v) is 7.17. The molecule has 1 aliphatic heterocycles. The number of aryl methyl sites for hydroxylation is 1. The first-order valence-electron chi connectivity index (χ1n) is 13.9. The lowest BCUT2D eigenvalue weighted by Gasteiger charge is -2.29. The van der Waals surface area contributed by atoms with Gasteiger partial charge in [-0.2, -0.15) is 0 Å². The van der Waals surface area contributed by atoms with Gasteiger partial charge in [-0.25, -0.2) is 4.79 Å². The number of benzene rings is 2. The van der Waals surface area contributed by atoms with Crippen LogP contribution in [0.15, 0.2) is 60.8 Å². The number of fused-ring (bicyclic) bond motifs is 1. The molecule has 0 aliphatic carbocycles. The van der Waals surface area contributed by atoms with Crippen LogP contribution in [0, 0.1) is 0 Å². The molecule has 1 aromatic heterocycles. The fourth-order valence-electron chi connectivity index (χ4n) is 5.00. The fraction of sp³-hybridized carbons (Fsp3) is 0.387. The lowest BCUT2D eigenvalue weighted by atomic mass is 9.99. The molecule has 0 spiro atoms. The Labute approximate surface area is 240 Å². The van der Waals surface area contributed by atoms with Crippen LogP contribution in [0.25, 0.3) is 11.1 Å². The minimum absolute atomic E-state index is 0.157. The van der Waals surface area contributed by atoms with Crippen molar-refractivity contribution in [3.63, 3.8) is 0 Å². The molecule has 0 bridgehead atoms. The number of hydrogen-bond donors (Lipinski definition) is 6. The number of H-pyrrole nitrogens is 1. The van der Waals surface area contributed by atoms with Crippen LogP contribution in [-0.2, 0) is 22.6 Å². The van der Waals surface area contributed by atoms with Crippen LogP contribution >= 0.6 is 0 Å². The molecule has 2 heterocycles. The molecule has 2 aromatic carbocycles. The van der Waals surface area contributed by atoms with Gasteiger partial charge in [0.05, 0.1) is 24.0 Å². The van der Waals surface area contributed by atoms with E-state index in [0.717, 1.165) is 28.1 Å². The first-order valence-corrected chi connectivity index (χ1v) is 13.9. The predicted molar refractivity (Wildman–Crippen MR) is 161 cm³/mol. The second-order valence-electron chi connectivity index (χ2n) is 11.2. The van der Waals surface area contributed by atoms with Crippen molar-refractivity contribution >= 4 is 29.2 Å². The Morgan fingerprint density at radius 3 is 2.56 bits per heavy atom. The minimum Gasteiger partial charge on any atom is -0.392 e. The number of aromatic amines is 1. The van der Waals surface area contributed by atoms with Crippen LogP contribution < -0.4 is 26.2 Å². The summed E-state index contributed by atoms with van der Waals surface area (Å²) in [6, 6.07) is 16.4. The lowest BCUT2D eigenvalue weighted by molar-refractivity contribution is -0.128. The molecule has 10 nitrogen and oxygen atoms in total. The fourth-order valence-corrected chi connectivity index (χ4v) is 5.00. The number of nitrogens with one attached hydrogen (secondary N) is 5. The largest absolute Gasteiger partial charge is 0.392 e. The standard InChI is InChI=1S/C31H40N6O4/c1-20(38)18-34-31(2,3)17-28(39)35-26-14-13-25-27(15-16-33-25)37(29(26)40)19-21-9-11-22(12-10-21)23-7-5-6-8-24(23)36-30(41)32-4/h5-12,15-16,20,26,33-34,38H,13-14,17-19H2,1-4H3,(H,35,39)(H2,32,36,41)/t20-,26-/m1/s1. The van der Waals surface area contributed by atoms with Crippen molar-refractivity contribution in [2.45, 2.75) is 64.3 Å². The van der Waals surface area contributed by atoms with Crippen LogP contribution in [0.2, 0.25) is 0 Å². The number of aliphatic hydroxyl groups excluding tert-OH is 1. The smallest absolute Gasteiger partial charge is 0.318 e. The van der Waals surface area contributed by atoms with Crippen molar-refractivity contribution in [3.05, 3.63) is 72.1 Å². The summed E-state index contributed by atoms with van der Waals surface area (Å²) in [7, 11) is 1.57. The molecular formula is C31H40N6O4. The van der Waals surface area contributed by atoms with Crippen LogP contribution in [0.3, 0.4) is 0 Å². The summed E-state index contributed by atoms with van der Waals surface area (Å²) in [5, 5.41) is 21.2. The number of urea groups is 1. The van der Waals surface area contributed by atoms with Crippen LogP contribution in [0.1, 0.15) is 44.9 Å². The number of para-hydroxylation sites is 1. The second kappa shape index (κ2) is 13.0. The predicted octanol–water partition coefficient (Wildman–Crippen LogP) is 3.54. The van der Waals surface area contributed by atoms with Crippen LogP contribution in [0.5, 0.6) is 0 Å². The highest BCUT2D eigenvalue weighted by Crippen LogP contribution is 2.31. The Morgan fingerprint density at radius 1 is 1.12 bits per heavy atom. The number of β-amino-alcohol motifs (C(OH)–C–C–N with tert-alkyl or cyclic N) is 1. The maximum absolute atomic E-state index is 13.8. The zero-order valence-corrected chi connectivity index (χ0v) is 24.1. The van der Waals surface area contributed by atoms with Gasteiger partial charge < -0.3 is 36.3 Å². The number of hydrogen-bond acceptors (Lipinski definition) is 5. The summed E-state index contributed by atoms with van der Waals surface area (Å²) in [6.45, 7) is 6.21. The van der Waals surface area contributed by atoms with E-state index in [4.69, 9.17) is 0 Å². The van der Waals surface area contributed by atoms with Gasteiger partial charge in [-0.3, -0.25) is 9.59 Å². The molecule has 2 atom stereocenters. The highest BCUT2D eigenvalue weighted by atomic mass is 16.3. The van der Waals surface area contributed by atoms with Crippen molar-refractivity contribution in [3.8, 4) is 11.1 Å². The molecule has 6 N–H and O–H groups in total. The zero-order chi connectivity index (χ0) is 29.6. The molecule has 218 valence electrons. The number of amides is 4. The van der Waals surface area contributed by atoms with Crippen molar-refractivity contribution in [2.24, 2.45) is 0 Å². The molecule has 0 saturated heterocycles. The molecule has 4 rings (SSSR count). The average Bonchev–Trinajstić information content (AvgIpc) is 3.37. The minimum atomic E-state index is -0.655. The lowest BCUT2D eigenvalue weighted by Crippen LogP contribution is -2.51. The zero-order valence-electron chi connectivity index (χ0n) is 24.1. The van der Waals surface area contributed by atoms with Gasteiger partial charge in [0, 0.05) is 43.0 Å². The van der Waals surface area contributed by atoms with Crippen molar-refractivity contribution in [2.75, 3.05) is 23.8 Å². The summed E-state index contributed by atoms with van der Waals surface area (Å²) < 4.78 is 0. The van der Waals surface area contributed by atoms with E-state index < -0.39 is 17.7 Å². The molecule has 4 amide bonds. The maximum Gasteiger partial charge on any atom is 0.318 e. The maximum atomic E-state index is 13.8. The van der Waals surface area contributed by atoms with Crippen LogP contribution in [-0.4, -0.2) is 59.2 Å². The Kier molecular flexibility index (Phi) is 9.46. The van der Waals surface area contributed by atoms with Gasteiger partial charge in [0.2, 0.25) is 11.8 Å². The van der Waals surface area contributed by atoms with E-state index in [9.17, 15) is 19.5 Å². The van der Waals surface area contributed by atoms with E-state index >= 15 is 0 Å². The highest BCUT2D eigenvalue weighted by Gasteiger charge is 2.33. The summed E-state index contributed by atoms with van der Waals surface area (Å²) in [6.07, 6.45) is 2.61. The second-order valence-corrected chi connectivity index (χ2v) is 11.2. The van der Waals surface area contributed by atoms with Gasteiger partial charge in [0.1, 0.15) is 6.04 Å². The topological polar surface area (TPSA) is 139 Å². The Hall–Kier alpha value is -4.15. The van der Waals surface area contributed by atoms with E-state index in [1.54, 1.807) is 18.9 Å². The summed E-state index contributed by atoms with van der Waals surface area (Å²) in [4.78, 5) is 43.6.